The van der Waals surface area contributed by atoms with E-state index in [0.29, 0.717) is 36.3 Å². The number of allylic oxidation sites excluding steroid dienone is 15. The zero-order valence-electron chi connectivity index (χ0n) is 70.7. The summed E-state index contributed by atoms with van der Waals surface area (Å²) in [5, 5.41) is 0. The molecule has 0 heterocycles. The van der Waals surface area contributed by atoms with Gasteiger partial charge >= 0.3 is 114 Å². The van der Waals surface area contributed by atoms with E-state index in [1.54, 1.807) is 0 Å². The van der Waals surface area contributed by atoms with E-state index >= 15 is 0 Å². The Bertz CT molecular complexity index is 2300. The van der Waals surface area contributed by atoms with Crippen molar-refractivity contribution in [3.8, 4) is 0 Å². The van der Waals surface area contributed by atoms with Crippen molar-refractivity contribution in [1.82, 2.24) is 14.4 Å². The van der Waals surface area contributed by atoms with Gasteiger partial charge in [0, 0.05) is 0 Å². The predicted octanol–water partition coefficient (Wildman–Crippen LogP) is 31.1. The molecule has 6 fully saturated rings. The third-order valence-electron chi connectivity index (χ3n) is 25.3. The van der Waals surface area contributed by atoms with E-state index < -0.39 is 62.5 Å². The monoisotopic (exact) mass is 1780 g/mol. The van der Waals surface area contributed by atoms with Crippen molar-refractivity contribution >= 4 is 71.6 Å². The molecule has 15 heteroatoms. The van der Waals surface area contributed by atoms with Crippen LogP contribution in [0.4, 0.5) is 0 Å². The molecule has 0 aromatic carbocycles. The summed E-state index contributed by atoms with van der Waals surface area (Å²) in [6.45, 7) is 48.2. The Morgan fingerprint density at radius 1 is 0.356 bits per heavy atom. The zero-order chi connectivity index (χ0) is 72.3. The van der Waals surface area contributed by atoms with Gasteiger partial charge in [-0.15, -0.1) is 19.7 Å². The first kappa shape index (κ1) is 110. The van der Waals surface area contributed by atoms with E-state index in [9.17, 15) is 0 Å². The van der Waals surface area contributed by atoms with Crippen molar-refractivity contribution in [1.29, 1.82) is 0 Å². The van der Waals surface area contributed by atoms with Gasteiger partial charge in [-0.2, -0.15) is 0 Å². The molecule has 104 heavy (non-hydrogen) atoms. The number of nitrogens with zero attached hydrogens (tertiary/aromatic N) is 3. The van der Waals surface area contributed by atoms with Gasteiger partial charge in [-0.05, 0) is 168 Å². The molecule has 0 spiro atoms. The predicted molar refractivity (Wildman–Crippen MR) is 474 cm³/mol. The third kappa shape index (κ3) is 34.5. The number of rotatable bonds is 33. The Balaban J connectivity index is -0.00000136. The Hall–Kier alpha value is 2.12. The molecule has 9 aliphatic carbocycles. The van der Waals surface area contributed by atoms with Crippen LogP contribution in [0.3, 0.4) is 0 Å². The van der Waals surface area contributed by atoms with Crippen LogP contribution < -0.4 is 0 Å². The quantitative estimate of drug-likeness (QED) is 0.0281. The maximum atomic E-state index is 4.93. The Labute approximate surface area is 709 Å². The van der Waals surface area contributed by atoms with Crippen LogP contribution in [0.5, 0.6) is 0 Å². The van der Waals surface area contributed by atoms with E-state index in [4.69, 9.17) is 51.1 Å². The van der Waals surface area contributed by atoms with E-state index in [-0.39, 0.29) is 44.6 Å². The molecule has 9 rings (SSSR count). The molecule has 0 bridgehead atoms. The number of fused-ring (bicyclic) bond motifs is 3. The van der Waals surface area contributed by atoms with Crippen LogP contribution in [-0.2, 0) is 62.5 Å². The van der Waals surface area contributed by atoms with Gasteiger partial charge in [0.25, 0.3) is 0 Å². The average Bonchev–Trinajstić information content (AvgIpc) is 1.63. The van der Waals surface area contributed by atoms with E-state index in [1.165, 1.54) is 180 Å². The minimum absolute atomic E-state index is 0. The van der Waals surface area contributed by atoms with Crippen LogP contribution in [0.1, 0.15) is 277 Å². The zero-order valence-corrected chi connectivity index (χ0v) is 82.6. The molecule has 594 valence electrons. The summed E-state index contributed by atoms with van der Waals surface area (Å²) in [6.07, 6.45) is 75.0. The second-order valence-electron chi connectivity index (χ2n) is 33.2. The molecule has 16 unspecified atom stereocenters. The molecular formula is C89H160B3Cl6N3Zr3. The summed E-state index contributed by atoms with van der Waals surface area (Å²) in [5.41, 5.74) is 0. The van der Waals surface area contributed by atoms with Crippen molar-refractivity contribution in [3.63, 3.8) is 0 Å². The summed E-state index contributed by atoms with van der Waals surface area (Å²) in [5.74, 6) is 13.9. The standard InChI is InChI=1S/C31H54BN.C29H50BN.C23H38BN.6CH3.6ClH.3Zr/c1-7-9-11-13-16-26-20-21-28(22-26)32(33(24(3)4)25(5)6)31-23-27(17-12-10-8-2)29-18-14-15-19-30(29)31;1-7-9-10-11-15-24-18-19-26(20-24)30(31(22(3)4)23(5)6)29-21-25(14-8-2)27-16-12-13-17-28(27)29;1-6-11-19-16-23(22-15-10-9-14-21(19)22)24(20-12-7-8-13-20)25(17(2)3)18(4)5;;;;;;;;;;;;;;;/h8,14-15,18-19,24-31H,2,7,9-13,16-17,20-23H2,1,3-6H3;8,12-13,16-17,22-29H,2,7,9-11,14-15,18-21H2,1,3-6H3;6,9-10,14-15,17-23H,1,7-8,11-13,16H2,2-5H3;6*1H3;6*1H;;;/q;;;6*-1;;;;;;;3*+4/p-6. The molecule has 0 N–H and O–H groups in total. The van der Waals surface area contributed by atoms with Crippen LogP contribution in [-0.4, -0.2) is 71.2 Å². The van der Waals surface area contributed by atoms with Gasteiger partial charge in [-0.25, -0.2) is 0 Å². The molecule has 0 amide bonds. The van der Waals surface area contributed by atoms with Gasteiger partial charge in [-0.1, -0.05) is 336 Å². The molecule has 0 aromatic heterocycles. The molecule has 0 radical (unpaired) electrons. The van der Waals surface area contributed by atoms with E-state index in [0.717, 1.165) is 121 Å². The molecule has 0 aliphatic heterocycles. The second kappa shape index (κ2) is 62.4. The third-order valence-corrected chi connectivity index (χ3v) is 25.3. The Morgan fingerprint density at radius 2 is 0.644 bits per heavy atom. The Kier molecular flexibility index (Phi) is 66.2. The van der Waals surface area contributed by atoms with Crippen molar-refractivity contribution in [2.75, 3.05) is 0 Å². The SMILES string of the molecule is C=CCC1CC(B(C2CCC(CCCCCC)C2)N(C(C)C)C(C)C)C2C=CC=CC12.C=CCC1CC(B(C2CCCC2)N(C(C)C)C(C)C)C2C=CC=CC12.C=CCCCC1CC(B(C2CCC(CCCCCC)C2)N(C(C)C)C(C)C)C2C=CC=CC12.[CH3-].[CH3-].[CH3-].[CH3-].[CH3-].[CH3-].[Cl][Zr+2][Cl].[Cl][Zr+2][Cl].[Cl][Zr+2][Cl]. The number of unbranched alkanes of at least 4 members (excludes halogenated alkanes) is 7. The van der Waals surface area contributed by atoms with Crippen LogP contribution in [0, 0.1) is 110 Å². The maximum absolute atomic E-state index is 4.93. The number of hydrogen-bond donors (Lipinski definition) is 0. The second-order valence-corrected chi connectivity index (χ2v) is 44.4. The number of hydrogen-bond acceptors (Lipinski definition) is 3. The van der Waals surface area contributed by atoms with Gasteiger partial charge in [-0.3, -0.25) is 0 Å². The molecule has 6 saturated carbocycles. The summed E-state index contributed by atoms with van der Waals surface area (Å²) >= 11 is -2.48. The van der Waals surface area contributed by atoms with Gasteiger partial charge in [0.05, 0.1) is 0 Å². The van der Waals surface area contributed by atoms with E-state index in [2.05, 4.69) is 222 Å². The van der Waals surface area contributed by atoms with Crippen LogP contribution >= 0.6 is 51.1 Å². The fourth-order valence-electron chi connectivity index (χ4n) is 22.2. The first-order valence-electron chi connectivity index (χ1n) is 40.3. The summed E-state index contributed by atoms with van der Waals surface area (Å²) in [4.78, 5) is 8.75. The summed E-state index contributed by atoms with van der Waals surface area (Å²) in [6, 6.07) is 3.75. The van der Waals surface area contributed by atoms with Crippen LogP contribution in [0.25, 0.3) is 0 Å². The van der Waals surface area contributed by atoms with Crippen molar-refractivity contribution in [2.45, 2.75) is 348 Å². The summed E-state index contributed by atoms with van der Waals surface area (Å²) < 4.78 is 0. The van der Waals surface area contributed by atoms with Crippen LogP contribution in [0.2, 0.25) is 34.9 Å². The molecule has 16 atom stereocenters. The molecule has 0 saturated heterocycles. The van der Waals surface area contributed by atoms with Gasteiger partial charge in [0.2, 0.25) is 20.5 Å². The van der Waals surface area contributed by atoms with Crippen molar-refractivity contribution in [3.05, 3.63) is 155 Å². The minimum atomic E-state index is -0.826. The van der Waals surface area contributed by atoms with Gasteiger partial charge in [0.15, 0.2) is 0 Å². The first-order chi connectivity index (χ1) is 47.2. The molecule has 9 aliphatic rings. The van der Waals surface area contributed by atoms with E-state index in [1.807, 2.05) is 0 Å². The average molecular weight is 1790 g/mol. The van der Waals surface area contributed by atoms with Crippen LogP contribution in [0.15, 0.2) is 111 Å². The fourth-order valence-corrected chi connectivity index (χ4v) is 22.2. The van der Waals surface area contributed by atoms with Crippen molar-refractivity contribution in [2.24, 2.45) is 65.1 Å². The fraction of sp³-hybridized carbons (Fsp3) is 0.730. The number of halogens is 6. The van der Waals surface area contributed by atoms with Gasteiger partial charge < -0.3 is 59.0 Å². The topological polar surface area (TPSA) is 9.72 Å². The van der Waals surface area contributed by atoms with Gasteiger partial charge in [0.1, 0.15) is 0 Å². The molecule has 3 nitrogen and oxygen atoms in total. The first-order valence-corrected chi connectivity index (χ1v) is 59.3. The summed E-state index contributed by atoms with van der Waals surface area (Å²) in [7, 11) is 29.6. The molecular weight excluding hydrogens is 1630 g/mol. The van der Waals surface area contributed by atoms with Crippen molar-refractivity contribution < 1.29 is 62.5 Å². The molecule has 0 aromatic rings. The normalized spacial score (nSPS) is 27.5. The Morgan fingerprint density at radius 3 is 0.933 bits per heavy atom.